The normalized spacial score (nSPS) is 11.8. The molecule has 0 N–H and O–H groups in total. The first-order valence-electron chi connectivity index (χ1n) is 23.8. The van der Waals surface area contributed by atoms with E-state index >= 15 is 0 Å². The van der Waals surface area contributed by atoms with Crippen LogP contribution < -0.4 is 20.7 Å². The first kappa shape index (κ1) is 40.5. The van der Waals surface area contributed by atoms with Gasteiger partial charge >= 0.3 is 0 Å². The van der Waals surface area contributed by atoms with Crippen LogP contribution in [0.2, 0.25) is 0 Å². The van der Waals surface area contributed by atoms with Crippen molar-refractivity contribution in [2.45, 2.75) is 0 Å². The minimum absolute atomic E-state index is 1.14. The second-order valence-electron chi connectivity index (χ2n) is 18.0. The molecule has 69 heavy (non-hydrogen) atoms. The van der Waals surface area contributed by atoms with Crippen LogP contribution in [-0.2, 0) is 0 Å². The Labute approximate surface area is 403 Å². The molecule has 2 heterocycles. The molecular formula is C66H46N2Si. The highest BCUT2D eigenvalue weighted by Crippen LogP contribution is 2.43. The quantitative estimate of drug-likeness (QED) is 0.101. The van der Waals surface area contributed by atoms with Crippen molar-refractivity contribution in [2.24, 2.45) is 0 Å². The monoisotopic (exact) mass is 894 g/mol. The number of hydrogen-bond donors (Lipinski definition) is 0. The number of hydrogen-bond acceptors (Lipinski definition) is 0. The Bertz CT molecular complexity index is 3960. The Kier molecular flexibility index (Phi) is 9.88. The van der Waals surface area contributed by atoms with Crippen LogP contribution >= 0.6 is 0 Å². The Hall–Kier alpha value is -8.76. The van der Waals surface area contributed by atoms with Crippen molar-refractivity contribution in [3.8, 4) is 44.8 Å². The Morgan fingerprint density at radius 2 is 0.681 bits per heavy atom. The van der Waals surface area contributed by atoms with Crippen LogP contribution in [0.3, 0.4) is 0 Å². The van der Waals surface area contributed by atoms with E-state index in [0.717, 1.165) is 11.4 Å². The van der Waals surface area contributed by atoms with Crippen molar-refractivity contribution in [1.29, 1.82) is 0 Å². The summed E-state index contributed by atoms with van der Waals surface area (Å²) in [6.45, 7) is 0. The zero-order chi connectivity index (χ0) is 45.7. The fourth-order valence-corrected chi connectivity index (χ4v) is 16.1. The number of rotatable bonds is 9. The average molecular weight is 895 g/mol. The minimum Gasteiger partial charge on any atom is -0.309 e. The summed E-state index contributed by atoms with van der Waals surface area (Å²) in [5, 5.41) is 10.3. The summed E-state index contributed by atoms with van der Waals surface area (Å²) in [4.78, 5) is 0. The SMILES string of the molecule is c1ccc(-c2cccc([Si](c3ccccc3)(c3ccccc3)c3cccc(-n4c5ccccc5c5cc(-n6c7ccccc7c7c(-c8ccccc8-c8ccccc8)cccc76)ccc54)c3)c2)cc1. The molecule has 0 bridgehead atoms. The van der Waals surface area contributed by atoms with Crippen LogP contribution in [0.4, 0.5) is 0 Å². The van der Waals surface area contributed by atoms with E-state index in [1.54, 1.807) is 0 Å². The van der Waals surface area contributed by atoms with E-state index in [0.29, 0.717) is 0 Å². The molecule has 0 fully saturated rings. The fraction of sp³-hybridized carbons (Fsp3) is 0. The van der Waals surface area contributed by atoms with Gasteiger partial charge in [-0.2, -0.15) is 0 Å². The van der Waals surface area contributed by atoms with Crippen LogP contribution in [0.5, 0.6) is 0 Å². The van der Waals surface area contributed by atoms with Crippen molar-refractivity contribution in [3.05, 3.63) is 279 Å². The molecule has 0 saturated carbocycles. The minimum atomic E-state index is -2.91. The van der Waals surface area contributed by atoms with Crippen molar-refractivity contribution >= 4 is 72.4 Å². The lowest BCUT2D eigenvalue weighted by atomic mass is 9.92. The van der Waals surface area contributed by atoms with Gasteiger partial charge < -0.3 is 9.13 Å². The van der Waals surface area contributed by atoms with Gasteiger partial charge in [0.15, 0.2) is 8.07 Å². The topological polar surface area (TPSA) is 9.86 Å². The lowest BCUT2D eigenvalue weighted by molar-refractivity contribution is 1.17. The highest BCUT2D eigenvalue weighted by Gasteiger charge is 2.42. The third kappa shape index (κ3) is 6.62. The molecule has 0 saturated heterocycles. The van der Waals surface area contributed by atoms with Crippen LogP contribution in [0.15, 0.2) is 279 Å². The van der Waals surface area contributed by atoms with Gasteiger partial charge in [0.25, 0.3) is 0 Å². The summed E-state index contributed by atoms with van der Waals surface area (Å²) in [6, 6.07) is 103. The van der Waals surface area contributed by atoms with Gasteiger partial charge in [0, 0.05) is 32.9 Å². The van der Waals surface area contributed by atoms with Crippen LogP contribution in [0.1, 0.15) is 0 Å². The molecule has 0 spiro atoms. The van der Waals surface area contributed by atoms with Crippen LogP contribution in [0.25, 0.3) is 88.4 Å². The maximum Gasteiger partial charge on any atom is 0.179 e. The summed E-state index contributed by atoms with van der Waals surface area (Å²) >= 11 is 0. The molecule has 2 nitrogen and oxygen atoms in total. The van der Waals surface area contributed by atoms with E-state index in [-0.39, 0.29) is 0 Å². The summed E-state index contributed by atoms with van der Waals surface area (Å²) in [5.41, 5.74) is 14.4. The first-order valence-corrected chi connectivity index (χ1v) is 25.8. The predicted molar refractivity (Wildman–Crippen MR) is 295 cm³/mol. The van der Waals surface area contributed by atoms with Crippen LogP contribution in [0, 0.1) is 0 Å². The Morgan fingerprint density at radius 3 is 1.39 bits per heavy atom. The van der Waals surface area contributed by atoms with Gasteiger partial charge in [-0.25, -0.2) is 0 Å². The second-order valence-corrected chi connectivity index (χ2v) is 21.8. The molecule has 0 aliphatic carbocycles. The largest absolute Gasteiger partial charge is 0.309 e. The average Bonchev–Trinajstić information content (AvgIpc) is 3.95. The van der Waals surface area contributed by atoms with Crippen LogP contribution in [-0.4, -0.2) is 17.2 Å². The van der Waals surface area contributed by atoms with Gasteiger partial charge in [-0.3, -0.25) is 0 Å². The molecule has 324 valence electrons. The summed E-state index contributed by atoms with van der Waals surface area (Å²) in [6.07, 6.45) is 0. The Balaban J connectivity index is 1.02. The number of fused-ring (bicyclic) bond motifs is 6. The number of aromatic nitrogens is 2. The zero-order valence-electron chi connectivity index (χ0n) is 38.0. The summed E-state index contributed by atoms with van der Waals surface area (Å²) in [7, 11) is -2.91. The number of benzene rings is 11. The number of nitrogens with zero attached hydrogens (tertiary/aromatic N) is 2. The molecule has 2 aromatic heterocycles. The van der Waals surface area contributed by atoms with Crippen molar-refractivity contribution < 1.29 is 0 Å². The molecule has 0 unspecified atom stereocenters. The molecule has 0 aliphatic heterocycles. The standard InChI is InChI=1S/C66H46N2Si/c1-5-22-47(23-6-1)49-26-19-32-54(44-49)69(52-28-9-3-10-29-52,53-30-11-4-12-31-53)55-33-20-27-50(45-55)67-62-39-17-15-36-58(62)61-46-51(42-43-64(61)67)68-63-40-18-16-37-60(63)66-59(38-21-41-65(66)68)57-35-14-13-34-56(57)48-24-7-2-8-25-48/h1-46H. The molecule has 0 aliphatic rings. The van der Waals surface area contributed by atoms with E-state index in [2.05, 4.69) is 288 Å². The van der Waals surface area contributed by atoms with Crippen molar-refractivity contribution in [1.82, 2.24) is 9.13 Å². The number of para-hydroxylation sites is 2. The van der Waals surface area contributed by atoms with Gasteiger partial charge in [0.1, 0.15) is 0 Å². The Morgan fingerprint density at radius 1 is 0.232 bits per heavy atom. The fourth-order valence-electron chi connectivity index (χ4n) is 11.3. The predicted octanol–water partition coefficient (Wildman–Crippen LogP) is 14.3. The molecule has 13 aromatic rings. The molecule has 0 atom stereocenters. The molecule has 11 aromatic carbocycles. The molecule has 13 rings (SSSR count). The van der Waals surface area contributed by atoms with Crippen molar-refractivity contribution in [2.75, 3.05) is 0 Å². The van der Waals surface area contributed by atoms with Gasteiger partial charge in [0.05, 0.1) is 22.1 Å². The lowest BCUT2D eigenvalue weighted by Crippen LogP contribution is -2.74. The third-order valence-corrected chi connectivity index (χ3v) is 19.0. The van der Waals surface area contributed by atoms with Gasteiger partial charge in [-0.15, -0.1) is 0 Å². The van der Waals surface area contributed by atoms with Gasteiger partial charge in [-0.05, 0) is 103 Å². The summed E-state index contributed by atoms with van der Waals surface area (Å²) in [5.74, 6) is 0. The highest BCUT2D eigenvalue weighted by atomic mass is 28.3. The van der Waals surface area contributed by atoms with E-state index in [1.165, 1.54) is 97.7 Å². The first-order chi connectivity index (χ1) is 34.3. The second kappa shape index (κ2) is 16.8. The van der Waals surface area contributed by atoms with E-state index in [9.17, 15) is 0 Å². The summed E-state index contributed by atoms with van der Waals surface area (Å²) < 4.78 is 4.95. The maximum atomic E-state index is 2.49. The third-order valence-electron chi connectivity index (χ3n) is 14.3. The lowest BCUT2D eigenvalue weighted by Gasteiger charge is -2.35. The van der Waals surface area contributed by atoms with Crippen molar-refractivity contribution in [3.63, 3.8) is 0 Å². The molecule has 3 heteroatoms. The van der Waals surface area contributed by atoms with E-state index in [4.69, 9.17) is 0 Å². The van der Waals surface area contributed by atoms with Gasteiger partial charge in [0.2, 0.25) is 0 Å². The highest BCUT2D eigenvalue weighted by molar-refractivity contribution is 7.20. The smallest absolute Gasteiger partial charge is 0.179 e. The molecule has 0 radical (unpaired) electrons. The van der Waals surface area contributed by atoms with E-state index in [1.807, 2.05) is 0 Å². The van der Waals surface area contributed by atoms with Gasteiger partial charge in [-0.1, -0.05) is 231 Å². The maximum absolute atomic E-state index is 2.91. The zero-order valence-corrected chi connectivity index (χ0v) is 39.0. The molecule has 0 amide bonds. The van der Waals surface area contributed by atoms with E-state index < -0.39 is 8.07 Å². The molecular weight excluding hydrogens is 849 g/mol.